The molecular formula is C8H16O4. The number of aliphatic hydroxyl groups excluding tert-OH is 3. The molecule has 4 nitrogen and oxygen atoms in total. The second kappa shape index (κ2) is 3.70. The second-order valence-corrected chi connectivity index (χ2v) is 3.31. The summed E-state index contributed by atoms with van der Waals surface area (Å²) >= 11 is 0. The molecule has 0 aliphatic carbocycles. The number of aliphatic hydroxyl groups is 3. The van der Waals surface area contributed by atoms with E-state index in [4.69, 9.17) is 4.74 Å². The minimum atomic E-state index is -1.16. The van der Waals surface area contributed by atoms with Crippen LogP contribution in [0.2, 0.25) is 0 Å². The van der Waals surface area contributed by atoms with Crippen LogP contribution in [0.4, 0.5) is 0 Å². The lowest BCUT2D eigenvalue weighted by Gasteiger charge is -2.39. The van der Waals surface area contributed by atoms with Gasteiger partial charge in [-0.2, -0.15) is 0 Å². The summed E-state index contributed by atoms with van der Waals surface area (Å²) in [5.41, 5.74) is 0. The average Bonchev–Trinajstić information content (AvgIpc) is 2.08. The molecule has 0 saturated carbocycles. The molecule has 1 fully saturated rings. The minimum Gasteiger partial charge on any atom is -0.390 e. The predicted molar refractivity (Wildman–Crippen MR) is 42.3 cm³/mol. The van der Waals surface area contributed by atoms with Crippen molar-refractivity contribution in [2.24, 2.45) is 5.92 Å². The van der Waals surface area contributed by atoms with Crippen molar-refractivity contribution in [1.29, 1.82) is 0 Å². The second-order valence-electron chi connectivity index (χ2n) is 3.31. The molecule has 1 heterocycles. The Morgan fingerprint density at radius 1 is 1.17 bits per heavy atom. The zero-order valence-electron chi connectivity index (χ0n) is 7.34. The lowest BCUT2D eigenvalue weighted by molar-refractivity contribution is -0.265. The third-order valence-electron chi connectivity index (χ3n) is 2.47. The van der Waals surface area contributed by atoms with E-state index in [2.05, 4.69) is 0 Å². The summed E-state index contributed by atoms with van der Waals surface area (Å²) in [7, 11) is 0. The summed E-state index contributed by atoms with van der Waals surface area (Å²) in [5.74, 6) is -0.335. The summed E-state index contributed by atoms with van der Waals surface area (Å²) in [6, 6.07) is 0. The Hall–Kier alpha value is -0.160. The molecule has 0 aromatic rings. The fraction of sp³-hybridized carbons (Fsp3) is 1.00. The smallest absolute Gasteiger partial charge is 0.181 e. The van der Waals surface area contributed by atoms with Gasteiger partial charge < -0.3 is 20.1 Å². The molecule has 0 amide bonds. The highest BCUT2D eigenvalue weighted by Gasteiger charge is 2.40. The van der Waals surface area contributed by atoms with Crippen LogP contribution in [0.25, 0.3) is 0 Å². The molecule has 0 radical (unpaired) electrons. The van der Waals surface area contributed by atoms with Crippen LogP contribution < -0.4 is 0 Å². The fourth-order valence-corrected chi connectivity index (χ4v) is 1.48. The maximum atomic E-state index is 9.53. The molecule has 5 atom stereocenters. The molecule has 1 saturated heterocycles. The molecule has 1 aliphatic heterocycles. The van der Waals surface area contributed by atoms with Gasteiger partial charge in [-0.15, -0.1) is 0 Å². The van der Waals surface area contributed by atoms with Gasteiger partial charge in [-0.25, -0.2) is 0 Å². The first kappa shape index (κ1) is 9.92. The van der Waals surface area contributed by atoms with Crippen LogP contribution in [-0.4, -0.2) is 39.9 Å². The molecule has 0 aromatic heterocycles. The monoisotopic (exact) mass is 176 g/mol. The SMILES string of the molecule is CC[C@@H]1OC(O)[C@@H](O)[C@H](C)[C@@H]1O. The van der Waals surface area contributed by atoms with E-state index in [0.717, 1.165) is 0 Å². The highest BCUT2D eigenvalue weighted by Crippen LogP contribution is 2.25. The Morgan fingerprint density at radius 3 is 2.25 bits per heavy atom. The van der Waals surface area contributed by atoms with Crippen LogP contribution in [0.5, 0.6) is 0 Å². The number of ether oxygens (including phenoxy) is 1. The van der Waals surface area contributed by atoms with Gasteiger partial charge in [0.2, 0.25) is 0 Å². The fourth-order valence-electron chi connectivity index (χ4n) is 1.48. The Bertz CT molecular complexity index is 145. The lowest BCUT2D eigenvalue weighted by atomic mass is 9.90. The Labute approximate surface area is 71.8 Å². The minimum absolute atomic E-state index is 0.335. The van der Waals surface area contributed by atoms with Crippen molar-refractivity contribution in [1.82, 2.24) is 0 Å². The van der Waals surface area contributed by atoms with Crippen LogP contribution in [0.1, 0.15) is 20.3 Å². The summed E-state index contributed by atoms with van der Waals surface area (Å²) in [6.45, 7) is 3.56. The predicted octanol–water partition coefficient (Wildman–Crippen LogP) is -0.529. The first-order valence-corrected chi connectivity index (χ1v) is 4.27. The van der Waals surface area contributed by atoms with E-state index in [9.17, 15) is 15.3 Å². The largest absolute Gasteiger partial charge is 0.390 e. The van der Waals surface area contributed by atoms with Gasteiger partial charge in [0.25, 0.3) is 0 Å². The van der Waals surface area contributed by atoms with E-state index in [1.165, 1.54) is 0 Å². The zero-order chi connectivity index (χ0) is 9.30. The normalized spacial score (nSPS) is 49.2. The summed E-state index contributed by atoms with van der Waals surface area (Å²) in [4.78, 5) is 0. The van der Waals surface area contributed by atoms with Crippen molar-refractivity contribution >= 4 is 0 Å². The van der Waals surface area contributed by atoms with E-state index in [-0.39, 0.29) is 12.0 Å². The van der Waals surface area contributed by atoms with Crippen LogP contribution in [0, 0.1) is 5.92 Å². The maximum absolute atomic E-state index is 9.53. The molecule has 1 rings (SSSR count). The van der Waals surface area contributed by atoms with Gasteiger partial charge in [-0.3, -0.25) is 0 Å². The molecule has 1 aliphatic rings. The van der Waals surface area contributed by atoms with Gasteiger partial charge in [-0.1, -0.05) is 13.8 Å². The van der Waals surface area contributed by atoms with Crippen LogP contribution >= 0.6 is 0 Å². The van der Waals surface area contributed by atoms with Crippen molar-refractivity contribution in [2.45, 2.75) is 44.9 Å². The molecule has 1 unspecified atom stereocenters. The number of hydrogen-bond donors (Lipinski definition) is 3. The van der Waals surface area contributed by atoms with Crippen molar-refractivity contribution in [2.75, 3.05) is 0 Å². The molecule has 0 aromatic carbocycles. The Balaban J connectivity index is 2.63. The van der Waals surface area contributed by atoms with E-state index in [1.807, 2.05) is 6.92 Å². The highest BCUT2D eigenvalue weighted by molar-refractivity contribution is 4.85. The zero-order valence-corrected chi connectivity index (χ0v) is 7.34. The summed E-state index contributed by atoms with van der Waals surface area (Å²) in [5, 5.41) is 28.0. The van der Waals surface area contributed by atoms with E-state index in [0.29, 0.717) is 6.42 Å². The third kappa shape index (κ3) is 1.61. The van der Waals surface area contributed by atoms with E-state index in [1.54, 1.807) is 6.92 Å². The van der Waals surface area contributed by atoms with Gasteiger partial charge in [-0.05, 0) is 6.42 Å². The average molecular weight is 176 g/mol. The maximum Gasteiger partial charge on any atom is 0.181 e. The summed E-state index contributed by atoms with van der Waals surface area (Å²) < 4.78 is 4.99. The third-order valence-corrected chi connectivity index (χ3v) is 2.47. The van der Waals surface area contributed by atoms with Gasteiger partial charge in [0, 0.05) is 5.92 Å². The lowest BCUT2D eigenvalue weighted by Crippen LogP contribution is -2.52. The van der Waals surface area contributed by atoms with E-state index < -0.39 is 18.5 Å². The van der Waals surface area contributed by atoms with Crippen molar-refractivity contribution in [3.05, 3.63) is 0 Å². The number of hydrogen-bond acceptors (Lipinski definition) is 4. The summed E-state index contributed by atoms with van der Waals surface area (Å²) in [6.07, 6.45) is -2.56. The number of rotatable bonds is 1. The molecule has 3 N–H and O–H groups in total. The first-order chi connectivity index (χ1) is 5.57. The molecule has 72 valence electrons. The standard InChI is InChI=1S/C8H16O4/c1-3-5-6(9)4(2)7(10)8(11)12-5/h4-11H,3H2,1-2H3/t4-,5+,6+,7+,8?/m1/s1. The molecular weight excluding hydrogens is 160 g/mol. The molecule has 0 spiro atoms. The van der Waals surface area contributed by atoms with Crippen molar-refractivity contribution in [3.63, 3.8) is 0 Å². The van der Waals surface area contributed by atoms with E-state index >= 15 is 0 Å². The van der Waals surface area contributed by atoms with Gasteiger partial charge in [0.05, 0.1) is 12.2 Å². The topological polar surface area (TPSA) is 69.9 Å². The Morgan fingerprint density at radius 2 is 1.75 bits per heavy atom. The molecule has 12 heavy (non-hydrogen) atoms. The van der Waals surface area contributed by atoms with Crippen LogP contribution in [0.3, 0.4) is 0 Å². The van der Waals surface area contributed by atoms with Crippen molar-refractivity contribution < 1.29 is 20.1 Å². The van der Waals surface area contributed by atoms with Gasteiger partial charge in [0.1, 0.15) is 6.10 Å². The Kier molecular flexibility index (Phi) is 3.06. The first-order valence-electron chi connectivity index (χ1n) is 4.27. The quantitative estimate of drug-likeness (QED) is 0.502. The van der Waals surface area contributed by atoms with Crippen molar-refractivity contribution in [3.8, 4) is 0 Å². The highest BCUT2D eigenvalue weighted by atomic mass is 16.6. The van der Waals surface area contributed by atoms with Crippen LogP contribution in [0.15, 0.2) is 0 Å². The van der Waals surface area contributed by atoms with Gasteiger partial charge in [0.15, 0.2) is 6.29 Å². The van der Waals surface area contributed by atoms with Crippen LogP contribution in [-0.2, 0) is 4.74 Å². The molecule has 0 bridgehead atoms. The van der Waals surface area contributed by atoms with Gasteiger partial charge >= 0.3 is 0 Å². The molecule has 4 heteroatoms.